The molecule has 2 radical (unpaired) electrons. The van der Waals surface area contributed by atoms with Crippen LogP contribution in [0.1, 0.15) is 62.1 Å². The van der Waals surface area contributed by atoms with Gasteiger partial charge in [0.25, 0.3) is 0 Å². The first-order valence-corrected chi connectivity index (χ1v) is 24.5. The van der Waals surface area contributed by atoms with Gasteiger partial charge in [-0.1, -0.05) is 231 Å². The van der Waals surface area contributed by atoms with E-state index in [9.17, 15) is 59.4 Å². The van der Waals surface area contributed by atoms with E-state index in [2.05, 4.69) is 68.5 Å². The molecule has 0 N–H and O–H groups in total. The smallest absolute Gasteiger partial charge is 0.545 e. The molecule has 0 amide bonds. The van der Waals surface area contributed by atoms with E-state index in [0.717, 1.165) is 43.6 Å². The van der Waals surface area contributed by atoms with Crippen LogP contribution in [0.5, 0.6) is 0 Å². The Labute approximate surface area is 541 Å². The summed E-state index contributed by atoms with van der Waals surface area (Å²) in [6.07, 6.45) is 7.21. The number of benzene rings is 8. The molecule has 426 valence electrons. The van der Waals surface area contributed by atoms with E-state index in [-0.39, 0.29) is 108 Å². The zero-order valence-electron chi connectivity index (χ0n) is 43.8. The molecule has 0 spiro atoms. The minimum atomic E-state index is -1.13. The van der Waals surface area contributed by atoms with Crippen LogP contribution in [-0.4, -0.2) is 55.8 Å². The number of hydrogen-bond donors (Lipinski definition) is 0. The van der Waals surface area contributed by atoms with Gasteiger partial charge in [0, 0.05) is 46.3 Å². The molecule has 4 heterocycles. The molecule has 12 aromatic rings. The Bertz CT molecular complexity index is 3350. The van der Waals surface area contributed by atoms with Crippen molar-refractivity contribution >= 4 is 79.4 Å². The third-order valence-corrected chi connectivity index (χ3v) is 10.7. The Kier molecular flexibility index (Phi) is 31.6. The molecule has 0 unspecified atom stereocenters. The van der Waals surface area contributed by atoms with Gasteiger partial charge in [-0.2, -0.15) is 0 Å². The van der Waals surface area contributed by atoms with E-state index >= 15 is 0 Å². The number of carboxylic acids is 6. The van der Waals surface area contributed by atoms with Gasteiger partial charge in [0.1, 0.15) is 0 Å². The SMILES string of the molecule is O=C([O-])c1ccccc1.O=C([O-])c1ccccc1.O=C([O-])c1ccccc1.O=C([O-])c1ccccc1.O=C([O-])c1ccccc1.O=C([O-])c1ccccc1.[Er+3].[Er+3].c1cnc2c(c1)ccc1cccnc12.c1cnc2c(c1)ccc1cccnc12. The van der Waals surface area contributed by atoms with Crippen LogP contribution in [-0.2, 0) is 0 Å². The van der Waals surface area contributed by atoms with Gasteiger partial charge in [0.2, 0.25) is 0 Å². The maximum atomic E-state index is 10.1. The minimum absolute atomic E-state index is 0. The normalized spacial score (nSPS) is 9.33. The molecule has 18 heteroatoms. The van der Waals surface area contributed by atoms with Crippen molar-refractivity contribution in [1.29, 1.82) is 0 Å². The number of rotatable bonds is 6. The Balaban J connectivity index is 0.000000253. The van der Waals surface area contributed by atoms with Crippen LogP contribution >= 0.6 is 0 Å². The monoisotopic (exact) mass is 1420 g/mol. The van der Waals surface area contributed by atoms with E-state index in [4.69, 9.17) is 0 Å². The van der Waals surface area contributed by atoms with E-state index < -0.39 is 35.8 Å². The van der Waals surface area contributed by atoms with E-state index in [1.54, 1.807) is 134 Å². The summed E-state index contributed by atoms with van der Waals surface area (Å²) in [6, 6.07) is 72.7. The molecule has 0 atom stereocenters. The Morgan fingerprint density at radius 1 is 0.202 bits per heavy atom. The van der Waals surface area contributed by atoms with Crippen molar-refractivity contribution in [1.82, 2.24) is 19.9 Å². The first-order valence-electron chi connectivity index (χ1n) is 24.5. The van der Waals surface area contributed by atoms with Crippen molar-refractivity contribution < 1.29 is 134 Å². The summed E-state index contributed by atoms with van der Waals surface area (Å²) in [5.74, 6) is -6.77. The summed E-state index contributed by atoms with van der Waals surface area (Å²) in [6.45, 7) is 0. The van der Waals surface area contributed by atoms with Gasteiger partial charge in [0.05, 0.1) is 57.9 Å². The molecule has 0 aliphatic carbocycles. The molecule has 12 rings (SSSR count). The molecule has 0 bridgehead atoms. The van der Waals surface area contributed by atoms with Crippen molar-refractivity contribution in [3.05, 3.63) is 313 Å². The van der Waals surface area contributed by atoms with Crippen LogP contribution < -0.4 is 30.6 Å². The quantitative estimate of drug-likeness (QED) is 0.176. The summed E-state index contributed by atoms with van der Waals surface area (Å²) in [4.78, 5) is 77.9. The van der Waals surface area contributed by atoms with Crippen LogP contribution in [0, 0.1) is 74.6 Å². The van der Waals surface area contributed by atoms with Crippen LogP contribution in [0.2, 0.25) is 0 Å². The van der Waals surface area contributed by atoms with Gasteiger partial charge in [0.15, 0.2) is 0 Å². The van der Waals surface area contributed by atoms with Gasteiger partial charge in [-0.15, -0.1) is 0 Å². The van der Waals surface area contributed by atoms with Gasteiger partial charge < -0.3 is 59.4 Å². The number of fused-ring (bicyclic) bond motifs is 6. The minimum Gasteiger partial charge on any atom is -0.545 e. The van der Waals surface area contributed by atoms with E-state index in [1.807, 2.05) is 24.3 Å². The molecular formula is C66H46Er2N4O12. The molecular weight excluding hydrogens is 1380 g/mol. The van der Waals surface area contributed by atoms with Crippen molar-refractivity contribution in [2.24, 2.45) is 0 Å². The maximum Gasteiger partial charge on any atom is 3.00 e. The second kappa shape index (κ2) is 38.4. The zero-order chi connectivity index (χ0) is 58.9. The number of aromatic carboxylic acids is 6. The molecule has 0 fully saturated rings. The maximum absolute atomic E-state index is 10.1. The molecule has 0 saturated carbocycles. The fraction of sp³-hybridized carbons (Fsp3) is 0. The van der Waals surface area contributed by atoms with Gasteiger partial charge in [-0.3, -0.25) is 19.9 Å². The third kappa shape index (κ3) is 24.0. The third-order valence-electron chi connectivity index (χ3n) is 10.7. The fourth-order valence-electron chi connectivity index (χ4n) is 6.80. The predicted octanol–water partition coefficient (Wildman–Crippen LogP) is 5.87. The number of hydrogen-bond acceptors (Lipinski definition) is 16. The summed E-state index contributed by atoms with van der Waals surface area (Å²) >= 11 is 0. The molecule has 16 nitrogen and oxygen atoms in total. The van der Waals surface area contributed by atoms with Crippen molar-refractivity contribution in [3.63, 3.8) is 0 Å². The molecule has 0 aliphatic heterocycles. The number of aromatic nitrogens is 4. The zero-order valence-corrected chi connectivity index (χ0v) is 47.5. The molecule has 8 aromatic carbocycles. The largest absolute Gasteiger partial charge is 3.00 e. The summed E-state index contributed by atoms with van der Waals surface area (Å²) in [5, 5.41) is 65.1. The predicted molar refractivity (Wildman–Crippen MR) is 299 cm³/mol. The van der Waals surface area contributed by atoms with Crippen LogP contribution in [0.3, 0.4) is 0 Å². The summed E-state index contributed by atoms with van der Waals surface area (Å²) in [7, 11) is 0. The molecule has 4 aromatic heterocycles. The van der Waals surface area contributed by atoms with Gasteiger partial charge in [-0.25, -0.2) is 0 Å². The molecule has 0 aliphatic rings. The first-order chi connectivity index (χ1) is 39.7. The number of carbonyl (C=O) groups is 6. The Morgan fingerprint density at radius 2 is 0.345 bits per heavy atom. The van der Waals surface area contributed by atoms with Crippen molar-refractivity contribution in [2.75, 3.05) is 0 Å². The Hall–Kier alpha value is -9.29. The summed E-state index contributed by atoms with van der Waals surface area (Å²) < 4.78 is 0. The van der Waals surface area contributed by atoms with Crippen molar-refractivity contribution in [2.45, 2.75) is 0 Å². The number of carbonyl (C=O) groups excluding carboxylic acids is 6. The van der Waals surface area contributed by atoms with Gasteiger partial charge >= 0.3 is 74.6 Å². The second-order valence-corrected chi connectivity index (χ2v) is 16.4. The van der Waals surface area contributed by atoms with Crippen LogP contribution in [0.15, 0.2) is 280 Å². The van der Waals surface area contributed by atoms with E-state index in [1.165, 1.54) is 72.8 Å². The van der Waals surface area contributed by atoms with E-state index in [0.29, 0.717) is 0 Å². The van der Waals surface area contributed by atoms with Crippen LogP contribution in [0.25, 0.3) is 43.6 Å². The molecule has 84 heavy (non-hydrogen) atoms. The second-order valence-electron chi connectivity index (χ2n) is 16.4. The van der Waals surface area contributed by atoms with Gasteiger partial charge in [-0.05, 0) is 57.6 Å². The number of pyridine rings is 4. The average molecular weight is 1420 g/mol. The average Bonchev–Trinajstić information content (AvgIpc) is 3.65. The van der Waals surface area contributed by atoms with Crippen LogP contribution in [0.4, 0.5) is 0 Å². The summed E-state index contributed by atoms with van der Waals surface area (Å²) in [5.41, 5.74) is 5.23. The standard InChI is InChI=1S/2C12H8N2.6C7H6O2.2Er/c2*1-3-9-5-6-10-4-2-8-14-12(10)11(9)13-7-1;6*8-7(9)6-4-2-1-3-5-6;;/h2*1-8H;6*1-5H,(H,8,9);;/q;;;;;;;;2*+3/p-6. The fourth-order valence-corrected chi connectivity index (χ4v) is 6.80. The molecule has 0 saturated heterocycles. The Morgan fingerprint density at radius 3 is 0.464 bits per heavy atom. The van der Waals surface area contributed by atoms with Crippen molar-refractivity contribution in [3.8, 4) is 0 Å². The number of carboxylic acid groups (broad SMARTS) is 6. The topological polar surface area (TPSA) is 292 Å². The number of nitrogens with zero attached hydrogens (tertiary/aromatic N) is 4. The first kappa shape index (κ1) is 69.0.